The average molecular weight is 295 g/mol. The Balaban J connectivity index is 1.80. The second-order valence-corrected chi connectivity index (χ2v) is 5.95. The Hall–Kier alpha value is -2.29. The zero-order chi connectivity index (χ0) is 15.5. The molecule has 1 N–H and O–H groups in total. The molecule has 1 heterocycles. The van der Waals surface area contributed by atoms with Gasteiger partial charge >= 0.3 is 0 Å². The van der Waals surface area contributed by atoms with E-state index in [0.29, 0.717) is 12.8 Å². The predicted molar refractivity (Wildman–Crippen MR) is 88.3 cm³/mol. The first-order valence-electron chi connectivity index (χ1n) is 7.74. The molecule has 2 aromatic carbocycles. The Bertz CT molecular complexity index is 666. The van der Waals surface area contributed by atoms with Gasteiger partial charge in [0, 0.05) is 30.6 Å². The summed E-state index contributed by atoms with van der Waals surface area (Å²) in [4.78, 5) is 11.8. The Labute approximate surface area is 131 Å². The van der Waals surface area contributed by atoms with Gasteiger partial charge in [0.2, 0.25) is 0 Å². The highest BCUT2D eigenvalue weighted by Crippen LogP contribution is 2.29. The van der Waals surface area contributed by atoms with E-state index in [-0.39, 0.29) is 17.9 Å². The average Bonchev–Trinajstić information content (AvgIpc) is 2.64. The number of hydrogen-bond acceptors (Lipinski definition) is 3. The second kappa shape index (κ2) is 6.22. The van der Waals surface area contributed by atoms with Crippen LogP contribution in [0.4, 0.5) is 5.69 Å². The molecule has 0 aromatic heterocycles. The third-order valence-corrected chi connectivity index (χ3v) is 3.99. The van der Waals surface area contributed by atoms with Crippen molar-refractivity contribution in [2.24, 2.45) is 0 Å². The van der Waals surface area contributed by atoms with Crippen molar-refractivity contribution < 1.29 is 9.53 Å². The molecular formula is C19H21NO2. The van der Waals surface area contributed by atoms with E-state index in [2.05, 4.69) is 17.4 Å². The number of hydrogen-bond donors (Lipinski definition) is 1. The van der Waals surface area contributed by atoms with Crippen LogP contribution in [0.3, 0.4) is 0 Å². The topological polar surface area (TPSA) is 38.3 Å². The quantitative estimate of drug-likeness (QED) is 0.924. The molecule has 0 bridgehead atoms. The van der Waals surface area contributed by atoms with Crippen LogP contribution in [0.1, 0.15) is 37.5 Å². The van der Waals surface area contributed by atoms with Crippen LogP contribution >= 0.6 is 0 Å². The van der Waals surface area contributed by atoms with E-state index in [1.54, 1.807) is 0 Å². The first kappa shape index (κ1) is 14.6. The number of carbonyl (C=O) groups is 1. The molecule has 0 aliphatic carbocycles. The molecule has 0 radical (unpaired) electrons. The van der Waals surface area contributed by atoms with E-state index in [1.165, 1.54) is 0 Å². The molecule has 0 amide bonds. The molecule has 2 aromatic rings. The molecule has 1 aliphatic heterocycles. The fourth-order valence-electron chi connectivity index (χ4n) is 2.86. The summed E-state index contributed by atoms with van der Waals surface area (Å²) in [5, 5.41) is 3.41. The Morgan fingerprint density at radius 1 is 1.18 bits per heavy atom. The number of carbonyl (C=O) groups excluding carboxylic acids is 1. The lowest BCUT2D eigenvalue weighted by molar-refractivity contribution is -0.118. The summed E-state index contributed by atoms with van der Waals surface area (Å²) >= 11 is 0. The maximum Gasteiger partial charge on any atom is 0.139 e. The van der Waals surface area contributed by atoms with Crippen molar-refractivity contribution >= 4 is 11.5 Å². The molecule has 22 heavy (non-hydrogen) atoms. The zero-order valence-electron chi connectivity index (χ0n) is 13.0. The summed E-state index contributed by atoms with van der Waals surface area (Å²) in [6.45, 7) is 4.08. The van der Waals surface area contributed by atoms with Gasteiger partial charge < -0.3 is 10.1 Å². The fraction of sp³-hybridized carbons (Fsp3) is 0.316. The summed E-state index contributed by atoms with van der Waals surface area (Å²) in [7, 11) is 0. The van der Waals surface area contributed by atoms with E-state index >= 15 is 0 Å². The van der Waals surface area contributed by atoms with E-state index in [0.717, 1.165) is 22.6 Å². The maximum atomic E-state index is 11.8. The molecule has 0 fully saturated rings. The molecular weight excluding hydrogens is 274 g/mol. The highest BCUT2D eigenvalue weighted by molar-refractivity contribution is 5.85. The van der Waals surface area contributed by atoms with E-state index in [4.69, 9.17) is 4.74 Å². The van der Waals surface area contributed by atoms with Gasteiger partial charge in [-0.3, -0.25) is 4.79 Å². The number of nitrogens with one attached hydrogen (secondary N) is 1. The number of Topliss-reactive ketones (excluding diaryl/α,β-unsaturated/α-hetero) is 1. The minimum atomic E-state index is -0.0101. The monoisotopic (exact) mass is 295 g/mol. The highest BCUT2D eigenvalue weighted by atomic mass is 16.5. The van der Waals surface area contributed by atoms with Crippen molar-refractivity contribution in [1.29, 1.82) is 0 Å². The van der Waals surface area contributed by atoms with Gasteiger partial charge in [-0.2, -0.15) is 0 Å². The van der Waals surface area contributed by atoms with E-state index < -0.39 is 0 Å². The van der Waals surface area contributed by atoms with Gasteiger partial charge in [0.1, 0.15) is 17.6 Å². The van der Waals surface area contributed by atoms with Crippen LogP contribution in [0.15, 0.2) is 48.5 Å². The van der Waals surface area contributed by atoms with Gasteiger partial charge in [0.05, 0.1) is 0 Å². The third-order valence-electron chi connectivity index (χ3n) is 3.99. The van der Waals surface area contributed by atoms with Crippen molar-refractivity contribution in [3.8, 4) is 5.75 Å². The number of fused-ring (bicyclic) bond motifs is 1. The SMILES string of the molecule is C[C@@H]1CC(=O)Cc2ccc(O[C@H](C)c3ccccc3)cc2N1. The largest absolute Gasteiger partial charge is 0.486 e. The normalized spacial score (nSPS) is 18.8. The lowest BCUT2D eigenvalue weighted by Crippen LogP contribution is -2.16. The van der Waals surface area contributed by atoms with Gasteiger partial charge in [-0.25, -0.2) is 0 Å². The Kier molecular flexibility index (Phi) is 4.14. The van der Waals surface area contributed by atoms with E-state index in [9.17, 15) is 4.79 Å². The van der Waals surface area contributed by atoms with Gasteiger partial charge in [0.15, 0.2) is 0 Å². The lowest BCUT2D eigenvalue weighted by atomic mass is 10.1. The first-order chi connectivity index (χ1) is 10.6. The second-order valence-electron chi connectivity index (χ2n) is 5.95. The number of anilines is 1. The van der Waals surface area contributed by atoms with Crippen molar-refractivity contribution in [3.63, 3.8) is 0 Å². The van der Waals surface area contributed by atoms with Gasteiger partial charge in [-0.05, 0) is 31.0 Å². The molecule has 0 saturated carbocycles. The van der Waals surface area contributed by atoms with Crippen molar-refractivity contribution in [2.75, 3.05) is 5.32 Å². The van der Waals surface area contributed by atoms with Crippen LogP contribution in [0.5, 0.6) is 5.75 Å². The summed E-state index contributed by atoms with van der Waals surface area (Å²) in [5.41, 5.74) is 3.21. The number of ether oxygens (including phenoxy) is 1. The number of rotatable bonds is 3. The van der Waals surface area contributed by atoms with Gasteiger partial charge in [-0.1, -0.05) is 36.4 Å². The van der Waals surface area contributed by atoms with Crippen LogP contribution in [-0.2, 0) is 11.2 Å². The minimum Gasteiger partial charge on any atom is -0.486 e. The standard InChI is InChI=1S/C19H21NO2/c1-13-10-17(21)11-16-8-9-18(12-19(16)20-13)22-14(2)15-6-4-3-5-7-15/h3-9,12-14,20H,10-11H2,1-2H3/t13-,14-/m1/s1. The molecule has 0 unspecified atom stereocenters. The molecule has 114 valence electrons. The Morgan fingerprint density at radius 2 is 1.95 bits per heavy atom. The van der Waals surface area contributed by atoms with Crippen LogP contribution < -0.4 is 10.1 Å². The molecule has 0 spiro atoms. The molecule has 3 rings (SSSR count). The number of ketones is 1. The first-order valence-corrected chi connectivity index (χ1v) is 7.74. The van der Waals surface area contributed by atoms with Crippen molar-refractivity contribution in [1.82, 2.24) is 0 Å². The summed E-state index contributed by atoms with van der Waals surface area (Å²) in [6, 6.07) is 16.3. The minimum absolute atomic E-state index is 0.0101. The Morgan fingerprint density at radius 3 is 2.73 bits per heavy atom. The molecule has 1 aliphatic rings. The molecule has 0 saturated heterocycles. The predicted octanol–water partition coefficient (Wildman–Crippen LogP) is 4.14. The fourth-order valence-corrected chi connectivity index (χ4v) is 2.86. The molecule has 3 nitrogen and oxygen atoms in total. The number of benzene rings is 2. The highest BCUT2D eigenvalue weighted by Gasteiger charge is 2.18. The lowest BCUT2D eigenvalue weighted by Gasteiger charge is -2.18. The van der Waals surface area contributed by atoms with E-state index in [1.807, 2.05) is 50.2 Å². The van der Waals surface area contributed by atoms with Gasteiger partial charge in [0.25, 0.3) is 0 Å². The van der Waals surface area contributed by atoms with Crippen molar-refractivity contribution in [2.45, 2.75) is 38.8 Å². The third kappa shape index (κ3) is 3.30. The molecule has 2 atom stereocenters. The maximum absolute atomic E-state index is 11.8. The smallest absolute Gasteiger partial charge is 0.139 e. The van der Waals surface area contributed by atoms with Crippen LogP contribution in [0.25, 0.3) is 0 Å². The van der Waals surface area contributed by atoms with Gasteiger partial charge in [-0.15, -0.1) is 0 Å². The summed E-state index contributed by atoms with van der Waals surface area (Å²) in [5.74, 6) is 1.11. The van der Waals surface area contributed by atoms with Crippen LogP contribution in [0.2, 0.25) is 0 Å². The summed E-state index contributed by atoms with van der Waals surface area (Å²) < 4.78 is 6.04. The van der Waals surface area contributed by atoms with Crippen LogP contribution in [0, 0.1) is 0 Å². The van der Waals surface area contributed by atoms with Crippen molar-refractivity contribution in [3.05, 3.63) is 59.7 Å². The summed E-state index contributed by atoms with van der Waals surface area (Å²) in [6.07, 6.45) is 1.07. The van der Waals surface area contributed by atoms with Crippen LogP contribution in [-0.4, -0.2) is 11.8 Å². The molecule has 3 heteroatoms. The zero-order valence-corrected chi connectivity index (χ0v) is 13.0.